The molecular weight excluding hydrogens is 254 g/mol. The molecule has 5 nitrogen and oxygen atoms in total. The van der Waals surface area contributed by atoms with Gasteiger partial charge in [-0.1, -0.05) is 19.1 Å². The van der Waals surface area contributed by atoms with Crippen LogP contribution in [-0.2, 0) is 9.59 Å². The third-order valence-electron chi connectivity index (χ3n) is 2.77. The Morgan fingerprint density at radius 3 is 2.55 bits per heavy atom. The van der Waals surface area contributed by atoms with E-state index in [2.05, 4.69) is 10.6 Å². The van der Waals surface area contributed by atoms with Crippen molar-refractivity contribution in [2.45, 2.75) is 13.8 Å². The fourth-order valence-electron chi connectivity index (χ4n) is 1.95. The van der Waals surface area contributed by atoms with E-state index in [9.17, 15) is 9.59 Å². The summed E-state index contributed by atoms with van der Waals surface area (Å²) in [7, 11) is 3.95. The third kappa shape index (κ3) is 5.84. The molecule has 2 amide bonds. The van der Waals surface area contributed by atoms with Gasteiger partial charge in [-0.3, -0.25) is 9.59 Å². The van der Waals surface area contributed by atoms with Crippen LogP contribution in [0, 0.1) is 12.8 Å². The summed E-state index contributed by atoms with van der Waals surface area (Å²) >= 11 is 0. The quantitative estimate of drug-likeness (QED) is 0.796. The summed E-state index contributed by atoms with van der Waals surface area (Å²) in [6, 6.07) is 7.34. The molecule has 1 aromatic carbocycles. The van der Waals surface area contributed by atoms with Gasteiger partial charge < -0.3 is 15.5 Å². The standard InChI is InChI=1S/C15H23N3O2/c1-11-6-5-7-13(8-11)17-15(20)14(19)16-9-12(2)10-18(3)4/h5-8,12H,9-10H2,1-4H3,(H,16,19)(H,17,20)/t12-/m1/s1. The molecule has 1 aromatic rings. The van der Waals surface area contributed by atoms with Crippen LogP contribution in [0.2, 0.25) is 0 Å². The molecule has 0 aromatic heterocycles. The second kappa shape index (κ2) is 7.65. The summed E-state index contributed by atoms with van der Waals surface area (Å²) in [4.78, 5) is 25.5. The van der Waals surface area contributed by atoms with Gasteiger partial charge in [-0.2, -0.15) is 0 Å². The lowest BCUT2D eigenvalue weighted by atomic mass is 10.1. The van der Waals surface area contributed by atoms with E-state index in [1.54, 1.807) is 6.07 Å². The van der Waals surface area contributed by atoms with Crippen molar-refractivity contribution in [2.75, 3.05) is 32.5 Å². The lowest BCUT2D eigenvalue weighted by molar-refractivity contribution is -0.136. The summed E-state index contributed by atoms with van der Waals surface area (Å²) in [5.74, 6) is -0.939. The number of amides is 2. The lowest BCUT2D eigenvalue weighted by Gasteiger charge is -2.17. The first-order valence-corrected chi connectivity index (χ1v) is 6.69. The Labute approximate surface area is 120 Å². The van der Waals surface area contributed by atoms with E-state index >= 15 is 0 Å². The topological polar surface area (TPSA) is 61.4 Å². The number of carbonyl (C=O) groups is 2. The smallest absolute Gasteiger partial charge is 0.313 e. The molecule has 5 heteroatoms. The highest BCUT2D eigenvalue weighted by atomic mass is 16.2. The number of benzene rings is 1. The number of carbonyl (C=O) groups excluding carboxylic acids is 2. The number of aryl methyl sites for hydroxylation is 1. The van der Waals surface area contributed by atoms with E-state index < -0.39 is 11.8 Å². The highest BCUT2D eigenvalue weighted by Crippen LogP contribution is 2.09. The third-order valence-corrected chi connectivity index (χ3v) is 2.77. The summed E-state index contributed by atoms with van der Waals surface area (Å²) in [5, 5.41) is 5.23. The SMILES string of the molecule is Cc1cccc(NC(=O)C(=O)NC[C@@H](C)CN(C)C)c1. The molecule has 0 unspecified atom stereocenters. The average molecular weight is 277 g/mol. The molecule has 1 atom stereocenters. The summed E-state index contributed by atoms with van der Waals surface area (Å²) in [6.07, 6.45) is 0. The van der Waals surface area contributed by atoms with E-state index in [4.69, 9.17) is 0 Å². The molecule has 1 rings (SSSR count). The molecule has 0 spiro atoms. The van der Waals surface area contributed by atoms with Crippen LogP contribution in [0.25, 0.3) is 0 Å². The van der Waals surface area contributed by atoms with Gasteiger partial charge in [-0.15, -0.1) is 0 Å². The summed E-state index contributed by atoms with van der Waals surface area (Å²) in [5.41, 5.74) is 1.66. The monoisotopic (exact) mass is 277 g/mol. The Hall–Kier alpha value is -1.88. The van der Waals surface area contributed by atoms with Crippen molar-refractivity contribution in [3.63, 3.8) is 0 Å². The van der Waals surface area contributed by atoms with Crippen molar-refractivity contribution in [3.05, 3.63) is 29.8 Å². The van der Waals surface area contributed by atoms with E-state index in [1.165, 1.54) is 0 Å². The zero-order chi connectivity index (χ0) is 15.1. The summed E-state index contributed by atoms with van der Waals surface area (Å²) in [6.45, 7) is 5.30. The van der Waals surface area contributed by atoms with Gasteiger partial charge in [0.05, 0.1) is 0 Å². The van der Waals surface area contributed by atoms with Gasteiger partial charge >= 0.3 is 11.8 Å². The Morgan fingerprint density at radius 1 is 1.25 bits per heavy atom. The van der Waals surface area contributed by atoms with E-state index in [1.807, 2.05) is 51.0 Å². The molecule has 2 N–H and O–H groups in total. The molecule has 0 fully saturated rings. The highest BCUT2D eigenvalue weighted by Gasteiger charge is 2.14. The largest absolute Gasteiger partial charge is 0.348 e. The molecule has 0 saturated heterocycles. The zero-order valence-corrected chi connectivity index (χ0v) is 12.6. The van der Waals surface area contributed by atoms with Crippen LogP contribution in [-0.4, -0.2) is 43.9 Å². The second-order valence-corrected chi connectivity index (χ2v) is 5.40. The molecule has 0 saturated carbocycles. The first kappa shape index (κ1) is 16.2. The first-order chi connectivity index (χ1) is 9.38. The molecule has 0 bridgehead atoms. The Bertz CT molecular complexity index is 472. The number of hydrogen-bond acceptors (Lipinski definition) is 3. The maximum absolute atomic E-state index is 11.7. The van der Waals surface area contributed by atoms with Crippen LogP contribution in [0.3, 0.4) is 0 Å². The Morgan fingerprint density at radius 2 is 1.95 bits per heavy atom. The van der Waals surface area contributed by atoms with Gasteiger partial charge in [0.15, 0.2) is 0 Å². The van der Waals surface area contributed by atoms with E-state index in [0.717, 1.165) is 12.1 Å². The fraction of sp³-hybridized carbons (Fsp3) is 0.467. The van der Waals surface area contributed by atoms with Crippen LogP contribution in [0.5, 0.6) is 0 Å². The highest BCUT2D eigenvalue weighted by molar-refractivity contribution is 6.39. The first-order valence-electron chi connectivity index (χ1n) is 6.69. The van der Waals surface area contributed by atoms with Gasteiger partial charge in [0.1, 0.15) is 0 Å². The maximum atomic E-state index is 11.7. The number of nitrogens with zero attached hydrogens (tertiary/aromatic N) is 1. The van der Waals surface area contributed by atoms with Gasteiger partial charge in [0.25, 0.3) is 0 Å². The molecule has 0 heterocycles. The molecule has 110 valence electrons. The van der Waals surface area contributed by atoms with Crippen molar-refractivity contribution < 1.29 is 9.59 Å². The summed E-state index contributed by atoms with van der Waals surface area (Å²) < 4.78 is 0. The average Bonchev–Trinajstić information content (AvgIpc) is 2.35. The van der Waals surface area contributed by atoms with Crippen LogP contribution in [0.15, 0.2) is 24.3 Å². The number of nitrogens with one attached hydrogen (secondary N) is 2. The minimum absolute atomic E-state index is 0.292. The van der Waals surface area contributed by atoms with Crippen LogP contribution < -0.4 is 10.6 Å². The van der Waals surface area contributed by atoms with E-state index in [-0.39, 0.29) is 0 Å². The van der Waals surface area contributed by atoms with E-state index in [0.29, 0.717) is 18.2 Å². The number of hydrogen-bond donors (Lipinski definition) is 2. The Kier molecular flexibility index (Phi) is 6.18. The Balaban J connectivity index is 2.42. The van der Waals surface area contributed by atoms with Gasteiger partial charge in [0.2, 0.25) is 0 Å². The minimum Gasteiger partial charge on any atom is -0.348 e. The molecule has 0 aliphatic heterocycles. The van der Waals surface area contributed by atoms with Crippen molar-refractivity contribution in [2.24, 2.45) is 5.92 Å². The predicted octanol–water partition coefficient (Wildman–Crippen LogP) is 1.25. The normalized spacial score (nSPS) is 12.1. The molecular formula is C15H23N3O2. The molecule has 0 aliphatic rings. The molecule has 0 aliphatic carbocycles. The van der Waals surface area contributed by atoms with Crippen molar-refractivity contribution >= 4 is 17.5 Å². The van der Waals surface area contributed by atoms with Gasteiger partial charge in [-0.25, -0.2) is 0 Å². The molecule has 0 radical (unpaired) electrons. The second-order valence-electron chi connectivity index (χ2n) is 5.40. The van der Waals surface area contributed by atoms with Crippen molar-refractivity contribution in [1.29, 1.82) is 0 Å². The number of anilines is 1. The van der Waals surface area contributed by atoms with Gasteiger partial charge in [0, 0.05) is 18.8 Å². The maximum Gasteiger partial charge on any atom is 0.313 e. The zero-order valence-electron chi connectivity index (χ0n) is 12.6. The number of rotatable bonds is 5. The fourth-order valence-corrected chi connectivity index (χ4v) is 1.95. The minimum atomic E-state index is -0.632. The predicted molar refractivity (Wildman–Crippen MR) is 80.5 cm³/mol. The van der Waals surface area contributed by atoms with Gasteiger partial charge in [-0.05, 0) is 44.6 Å². The van der Waals surface area contributed by atoms with Crippen molar-refractivity contribution in [3.8, 4) is 0 Å². The lowest BCUT2D eigenvalue weighted by Crippen LogP contribution is -2.39. The van der Waals surface area contributed by atoms with Crippen LogP contribution in [0.4, 0.5) is 5.69 Å². The van der Waals surface area contributed by atoms with Crippen LogP contribution in [0.1, 0.15) is 12.5 Å². The van der Waals surface area contributed by atoms with Crippen molar-refractivity contribution in [1.82, 2.24) is 10.2 Å². The molecule has 20 heavy (non-hydrogen) atoms. The van der Waals surface area contributed by atoms with Crippen LogP contribution >= 0.6 is 0 Å².